The van der Waals surface area contributed by atoms with Gasteiger partial charge in [-0.3, -0.25) is 9.59 Å². The van der Waals surface area contributed by atoms with Crippen molar-refractivity contribution in [3.05, 3.63) is 59.2 Å². The van der Waals surface area contributed by atoms with Crippen LogP contribution in [0.2, 0.25) is 0 Å². The highest BCUT2D eigenvalue weighted by molar-refractivity contribution is 5.94. The standard InChI is InChI=1S/C20H22N2O4/c1-14-4-3-5-17(10-14)20(24)21-8-9-22(15(2)23)12-16-6-7-18-19(11-16)26-13-25-18/h3-7,10-11H,8-9,12-13H2,1-2H3,(H,21,24). The van der Waals surface area contributed by atoms with Crippen LogP contribution in [-0.2, 0) is 11.3 Å². The molecule has 0 fully saturated rings. The lowest BCUT2D eigenvalue weighted by Gasteiger charge is -2.21. The molecule has 26 heavy (non-hydrogen) atoms. The van der Waals surface area contributed by atoms with Gasteiger partial charge >= 0.3 is 0 Å². The number of nitrogens with zero attached hydrogens (tertiary/aromatic N) is 1. The molecule has 0 bridgehead atoms. The molecule has 0 unspecified atom stereocenters. The molecular formula is C20H22N2O4. The van der Waals surface area contributed by atoms with Crippen molar-refractivity contribution in [3.8, 4) is 11.5 Å². The third kappa shape index (κ3) is 4.33. The van der Waals surface area contributed by atoms with Gasteiger partial charge in [0, 0.05) is 32.1 Å². The van der Waals surface area contributed by atoms with Gasteiger partial charge in [0.1, 0.15) is 0 Å². The topological polar surface area (TPSA) is 67.9 Å². The average Bonchev–Trinajstić information content (AvgIpc) is 3.08. The minimum Gasteiger partial charge on any atom is -0.454 e. The molecule has 136 valence electrons. The van der Waals surface area contributed by atoms with E-state index in [1.54, 1.807) is 11.0 Å². The fourth-order valence-electron chi connectivity index (χ4n) is 2.80. The van der Waals surface area contributed by atoms with Gasteiger partial charge < -0.3 is 19.7 Å². The summed E-state index contributed by atoms with van der Waals surface area (Å²) in [6.07, 6.45) is 0. The SMILES string of the molecule is CC(=O)N(CCNC(=O)c1cccc(C)c1)Cc1ccc2c(c1)OCO2. The van der Waals surface area contributed by atoms with Gasteiger partial charge in [0.05, 0.1) is 0 Å². The minimum absolute atomic E-state index is 0.0486. The van der Waals surface area contributed by atoms with Crippen LogP contribution in [0.15, 0.2) is 42.5 Å². The molecule has 0 spiro atoms. The second-order valence-electron chi connectivity index (χ2n) is 6.25. The van der Waals surface area contributed by atoms with Crippen LogP contribution in [0.1, 0.15) is 28.4 Å². The number of ether oxygens (including phenoxy) is 2. The van der Waals surface area contributed by atoms with E-state index in [4.69, 9.17) is 9.47 Å². The Bertz CT molecular complexity index is 819. The molecule has 0 saturated heterocycles. The van der Waals surface area contributed by atoms with Crippen LogP contribution in [0.25, 0.3) is 0 Å². The third-order valence-corrected chi connectivity index (χ3v) is 4.20. The maximum atomic E-state index is 12.2. The molecule has 2 aromatic rings. The van der Waals surface area contributed by atoms with Crippen molar-refractivity contribution in [2.75, 3.05) is 19.9 Å². The van der Waals surface area contributed by atoms with E-state index in [1.807, 2.05) is 43.3 Å². The molecule has 6 nitrogen and oxygen atoms in total. The zero-order chi connectivity index (χ0) is 18.5. The van der Waals surface area contributed by atoms with Crippen molar-refractivity contribution in [1.29, 1.82) is 0 Å². The van der Waals surface area contributed by atoms with Crippen LogP contribution < -0.4 is 14.8 Å². The first-order valence-electron chi connectivity index (χ1n) is 8.52. The molecule has 0 aromatic heterocycles. The molecule has 6 heteroatoms. The van der Waals surface area contributed by atoms with Gasteiger partial charge in [-0.15, -0.1) is 0 Å². The summed E-state index contributed by atoms with van der Waals surface area (Å²) in [4.78, 5) is 25.8. The van der Waals surface area contributed by atoms with E-state index in [0.29, 0.717) is 36.7 Å². The van der Waals surface area contributed by atoms with Gasteiger partial charge in [0.2, 0.25) is 12.7 Å². The summed E-state index contributed by atoms with van der Waals surface area (Å²) in [5.74, 6) is 1.22. The van der Waals surface area contributed by atoms with Crippen molar-refractivity contribution in [1.82, 2.24) is 10.2 Å². The third-order valence-electron chi connectivity index (χ3n) is 4.20. The van der Waals surface area contributed by atoms with Gasteiger partial charge in [0.25, 0.3) is 5.91 Å². The van der Waals surface area contributed by atoms with E-state index in [1.165, 1.54) is 6.92 Å². The van der Waals surface area contributed by atoms with Crippen LogP contribution in [0.3, 0.4) is 0 Å². The lowest BCUT2D eigenvalue weighted by molar-refractivity contribution is -0.129. The Morgan fingerprint density at radius 1 is 1.12 bits per heavy atom. The number of hydrogen-bond donors (Lipinski definition) is 1. The maximum Gasteiger partial charge on any atom is 0.251 e. The molecule has 0 aliphatic carbocycles. The van der Waals surface area contributed by atoms with E-state index in [9.17, 15) is 9.59 Å². The number of benzene rings is 2. The number of aryl methyl sites for hydroxylation is 1. The van der Waals surface area contributed by atoms with E-state index < -0.39 is 0 Å². The number of rotatable bonds is 6. The van der Waals surface area contributed by atoms with Gasteiger partial charge in [0.15, 0.2) is 11.5 Å². The Labute approximate surface area is 152 Å². The molecule has 3 rings (SSSR count). The minimum atomic E-state index is -0.139. The highest BCUT2D eigenvalue weighted by atomic mass is 16.7. The Balaban J connectivity index is 1.55. The van der Waals surface area contributed by atoms with Crippen molar-refractivity contribution >= 4 is 11.8 Å². The smallest absolute Gasteiger partial charge is 0.251 e. The monoisotopic (exact) mass is 354 g/mol. The first-order valence-corrected chi connectivity index (χ1v) is 8.52. The predicted octanol–water partition coefficient (Wildman–Crippen LogP) is 2.50. The number of nitrogens with one attached hydrogen (secondary N) is 1. The predicted molar refractivity (Wildman–Crippen MR) is 97.2 cm³/mol. The summed E-state index contributed by atoms with van der Waals surface area (Å²) in [5, 5.41) is 2.86. The average molecular weight is 354 g/mol. The molecule has 1 N–H and O–H groups in total. The molecule has 1 aliphatic rings. The first-order chi connectivity index (χ1) is 12.5. The second-order valence-corrected chi connectivity index (χ2v) is 6.25. The highest BCUT2D eigenvalue weighted by Crippen LogP contribution is 2.32. The summed E-state index contributed by atoms with van der Waals surface area (Å²) >= 11 is 0. The number of fused-ring (bicyclic) bond motifs is 1. The van der Waals surface area contributed by atoms with Crippen LogP contribution >= 0.6 is 0 Å². The molecule has 0 radical (unpaired) electrons. The summed E-state index contributed by atoms with van der Waals surface area (Å²) in [6, 6.07) is 13.0. The lowest BCUT2D eigenvalue weighted by atomic mass is 10.1. The second kappa shape index (κ2) is 7.91. The molecule has 1 heterocycles. The fraction of sp³-hybridized carbons (Fsp3) is 0.300. The van der Waals surface area contributed by atoms with E-state index in [-0.39, 0.29) is 18.6 Å². The fourth-order valence-corrected chi connectivity index (χ4v) is 2.80. The quantitative estimate of drug-likeness (QED) is 0.865. The van der Waals surface area contributed by atoms with E-state index in [0.717, 1.165) is 11.1 Å². The Morgan fingerprint density at radius 2 is 1.92 bits per heavy atom. The van der Waals surface area contributed by atoms with E-state index in [2.05, 4.69) is 5.32 Å². The van der Waals surface area contributed by atoms with Gasteiger partial charge in [-0.2, -0.15) is 0 Å². The first kappa shape index (κ1) is 17.8. The van der Waals surface area contributed by atoms with Crippen LogP contribution in [0.5, 0.6) is 11.5 Å². The van der Waals surface area contributed by atoms with Gasteiger partial charge in [-0.1, -0.05) is 23.8 Å². The lowest BCUT2D eigenvalue weighted by Crippen LogP contribution is -2.37. The van der Waals surface area contributed by atoms with Crippen molar-refractivity contribution in [2.24, 2.45) is 0 Å². The number of carbonyl (C=O) groups is 2. The molecule has 2 aromatic carbocycles. The maximum absolute atomic E-state index is 12.2. The summed E-state index contributed by atoms with van der Waals surface area (Å²) < 4.78 is 10.7. The van der Waals surface area contributed by atoms with Crippen molar-refractivity contribution < 1.29 is 19.1 Å². The van der Waals surface area contributed by atoms with Crippen LogP contribution in [0, 0.1) is 6.92 Å². The Morgan fingerprint density at radius 3 is 2.69 bits per heavy atom. The molecule has 0 atom stereocenters. The van der Waals surface area contributed by atoms with E-state index >= 15 is 0 Å². The Hall–Kier alpha value is -3.02. The largest absolute Gasteiger partial charge is 0.454 e. The van der Waals surface area contributed by atoms with Gasteiger partial charge in [-0.25, -0.2) is 0 Å². The molecular weight excluding hydrogens is 332 g/mol. The summed E-state index contributed by atoms with van der Waals surface area (Å²) in [7, 11) is 0. The van der Waals surface area contributed by atoms with Crippen LogP contribution in [0.4, 0.5) is 0 Å². The zero-order valence-corrected chi connectivity index (χ0v) is 15.0. The normalized spacial score (nSPS) is 11.9. The summed E-state index contributed by atoms with van der Waals surface area (Å²) in [6.45, 7) is 4.96. The van der Waals surface area contributed by atoms with Gasteiger partial charge in [-0.05, 0) is 36.8 Å². The van der Waals surface area contributed by atoms with Crippen molar-refractivity contribution in [3.63, 3.8) is 0 Å². The number of hydrogen-bond acceptors (Lipinski definition) is 4. The zero-order valence-electron chi connectivity index (χ0n) is 15.0. The molecule has 2 amide bonds. The van der Waals surface area contributed by atoms with Crippen LogP contribution in [-0.4, -0.2) is 36.6 Å². The molecule has 1 aliphatic heterocycles. The molecule has 0 saturated carbocycles. The summed E-state index contributed by atoms with van der Waals surface area (Å²) in [5.41, 5.74) is 2.61. The highest BCUT2D eigenvalue weighted by Gasteiger charge is 2.16. The van der Waals surface area contributed by atoms with Crippen molar-refractivity contribution in [2.45, 2.75) is 20.4 Å². The number of carbonyl (C=O) groups excluding carboxylic acids is 2. The number of amides is 2. The Kier molecular flexibility index (Phi) is 5.41.